The first-order chi connectivity index (χ1) is 23.1. The number of aliphatic carboxylic acids is 1. The number of carboxylic acid groups (broad SMARTS) is 1. The van der Waals surface area contributed by atoms with Gasteiger partial charge in [0.05, 0.1) is 6.42 Å². The van der Waals surface area contributed by atoms with Crippen LogP contribution in [0.15, 0.2) is 0 Å². The van der Waals surface area contributed by atoms with Gasteiger partial charge in [-0.15, -0.1) is 0 Å². The van der Waals surface area contributed by atoms with E-state index in [4.69, 9.17) is 4.74 Å². The summed E-state index contributed by atoms with van der Waals surface area (Å²) in [5.74, 6) is -4.11. The van der Waals surface area contributed by atoms with Crippen LogP contribution in [0.25, 0.3) is 0 Å². The van der Waals surface area contributed by atoms with E-state index in [1.54, 1.807) is 0 Å². The number of unbranched alkanes of at least 4 members (excludes halogenated alkanes) is 8. The molecule has 1 saturated heterocycles. The first kappa shape index (κ1) is 43.8. The average molecular weight is 695 g/mol. The third-order valence-corrected chi connectivity index (χ3v) is 8.61. The minimum Gasteiger partial charge on any atom is -0.481 e. The molecule has 0 bridgehead atoms. The summed E-state index contributed by atoms with van der Waals surface area (Å²) < 4.78 is 5.83. The van der Waals surface area contributed by atoms with E-state index in [1.165, 1.54) is 32.1 Å². The zero-order chi connectivity index (χ0) is 36.9. The number of carbonyl (C=O) groups excluding carboxylic acids is 5. The van der Waals surface area contributed by atoms with Gasteiger partial charge in [-0.3, -0.25) is 24.0 Å². The molecule has 0 unspecified atom stereocenters. The van der Waals surface area contributed by atoms with Crippen LogP contribution in [0.2, 0.25) is 0 Å². The minimum absolute atomic E-state index is 0.0180. The van der Waals surface area contributed by atoms with Gasteiger partial charge in [0.15, 0.2) is 0 Å². The molecule has 1 rings (SSSR count). The number of nitrogens with one attached hydrogen (secondary N) is 4. The topological polar surface area (TPSA) is 180 Å². The van der Waals surface area contributed by atoms with Crippen LogP contribution in [0.4, 0.5) is 0 Å². The molecule has 0 aliphatic carbocycles. The standard InChI is InChI=1S/C37H66N4O8/c1-8-9-10-11-12-13-14-15-16-17-27-23-32(42)38-29(20-24(2)3)34(45)40-31(22-26(6)7)36(47)41-30(21-25(4)5)35(46)39-28(37(48)49-27)18-19-33(43)44/h24-31H,8-23H2,1-7H3,(H,38,42)(H,39,46)(H,40,45)(H,41,47)(H,43,44)/t27-,28+,29+,30+,31-/m1/s1. The van der Waals surface area contributed by atoms with Gasteiger partial charge in [-0.05, 0) is 56.3 Å². The van der Waals surface area contributed by atoms with Gasteiger partial charge in [-0.25, -0.2) is 4.79 Å². The van der Waals surface area contributed by atoms with Gasteiger partial charge in [0.25, 0.3) is 0 Å². The number of cyclic esters (lactones) is 1. The summed E-state index contributed by atoms with van der Waals surface area (Å²) in [6.07, 6.45) is 9.41. The van der Waals surface area contributed by atoms with Gasteiger partial charge in [0.2, 0.25) is 23.6 Å². The van der Waals surface area contributed by atoms with Gasteiger partial charge in [-0.2, -0.15) is 0 Å². The van der Waals surface area contributed by atoms with Crippen molar-refractivity contribution in [2.45, 2.75) is 181 Å². The van der Waals surface area contributed by atoms with Crippen molar-refractivity contribution in [1.29, 1.82) is 0 Å². The summed E-state index contributed by atoms with van der Waals surface area (Å²) in [5, 5.41) is 20.4. The number of amides is 4. The van der Waals surface area contributed by atoms with E-state index >= 15 is 0 Å². The number of ether oxygens (including phenoxy) is 1. The Bertz CT molecular complexity index is 1050. The fourth-order valence-electron chi connectivity index (χ4n) is 6.03. The van der Waals surface area contributed by atoms with Crippen LogP contribution in [0.1, 0.15) is 151 Å². The molecule has 0 radical (unpaired) electrons. The maximum absolute atomic E-state index is 13.6. The maximum Gasteiger partial charge on any atom is 0.328 e. The molecule has 1 fully saturated rings. The van der Waals surface area contributed by atoms with Crippen LogP contribution in [0, 0.1) is 17.8 Å². The minimum atomic E-state index is -1.29. The number of hydrogen-bond donors (Lipinski definition) is 5. The van der Waals surface area contributed by atoms with Crippen molar-refractivity contribution in [3.63, 3.8) is 0 Å². The second kappa shape index (κ2) is 24.1. The van der Waals surface area contributed by atoms with E-state index < -0.39 is 72.3 Å². The van der Waals surface area contributed by atoms with Crippen molar-refractivity contribution < 1.29 is 38.6 Å². The SMILES string of the molecule is CCCCCCCCCCC[C@@H]1CC(=O)N[C@@H](CC(C)C)C(=O)N[C@H](CC(C)C)C(=O)N[C@@H](CC(C)C)C(=O)N[C@@H](CCC(=O)O)C(=O)O1. The fraction of sp³-hybridized carbons (Fsp3) is 0.838. The molecule has 282 valence electrons. The third kappa shape index (κ3) is 19.6. The quantitative estimate of drug-likeness (QED) is 0.0908. The molecule has 0 saturated carbocycles. The predicted octanol–water partition coefficient (Wildman–Crippen LogP) is 5.17. The molecular weight excluding hydrogens is 628 g/mol. The Balaban J connectivity index is 3.39. The van der Waals surface area contributed by atoms with Crippen LogP contribution in [-0.2, 0) is 33.5 Å². The average Bonchev–Trinajstić information content (AvgIpc) is 2.99. The Hall–Kier alpha value is -3.18. The van der Waals surface area contributed by atoms with Crippen LogP contribution in [-0.4, -0.2) is 70.9 Å². The highest BCUT2D eigenvalue weighted by Gasteiger charge is 2.34. The van der Waals surface area contributed by atoms with E-state index in [0.29, 0.717) is 25.7 Å². The lowest BCUT2D eigenvalue weighted by Crippen LogP contribution is -2.58. The molecule has 4 amide bonds. The highest BCUT2D eigenvalue weighted by Crippen LogP contribution is 2.18. The van der Waals surface area contributed by atoms with Crippen molar-refractivity contribution in [2.24, 2.45) is 17.8 Å². The molecule has 0 aromatic rings. The predicted molar refractivity (Wildman–Crippen MR) is 189 cm³/mol. The first-order valence-electron chi connectivity index (χ1n) is 18.8. The van der Waals surface area contributed by atoms with Crippen LogP contribution < -0.4 is 21.3 Å². The molecule has 0 aromatic carbocycles. The summed E-state index contributed by atoms with van der Waals surface area (Å²) in [7, 11) is 0. The van der Waals surface area contributed by atoms with Gasteiger partial charge < -0.3 is 31.1 Å². The molecular formula is C37H66N4O8. The largest absolute Gasteiger partial charge is 0.481 e. The second-order valence-electron chi connectivity index (χ2n) is 15.0. The normalized spacial score (nSPS) is 23.2. The zero-order valence-electron chi connectivity index (χ0n) is 31.2. The Morgan fingerprint density at radius 1 is 0.633 bits per heavy atom. The molecule has 12 heteroatoms. The van der Waals surface area contributed by atoms with Crippen molar-refractivity contribution in [1.82, 2.24) is 21.3 Å². The third-order valence-electron chi connectivity index (χ3n) is 8.61. The lowest BCUT2D eigenvalue weighted by Gasteiger charge is -2.29. The molecule has 0 spiro atoms. The highest BCUT2D eigenvalue weighted by atomic mass is 16.5. The van der Waals surface area contributed by atoms with E-state index in [-0.39, 0.29) is 37.0 Å². The van der Waals surface area contributed by atoms with Gasteiger partial charge in [0.1, 0.15) is 30.3 Å². The molecule has 0 aromatic heterocycles. The summed E-state index contributed by atoms with van der Waals surface area (Å²) in [4.78, 5) is 79.2. The Morgan fingerprint density at radius 2 is 1.04 bits per heavy atom. The molecule has 1 aliphatic heterocycles. The molecule has 5 atom stereocenters. The Labute approximate surface area is 294 Å². The molecule has 49 heavy (non-hydrogen) atoms. The monoisotopic (exact) mass is 694 g/mol. The molecule has 5 N–H and O–H groups in total. The van der Waals surface area contributed by atoms with Crippen LogP contribution in [0.5, 0.6) is 0 Å². The Kier molecular flexibility index (Phi) is 21.5. The van der Waals surface area contributed by atoms with Gasteiger partial charge >= 0.3 is 11.9 Å². The number of carbonyl (C=O) groups is 6. The highest BCUT2D eigenvalue weighted by molar-refractivity contribution is 5.95. The van der Waals surface area contributed by atoms with Crippen molar-refractivity contribution >= 4 is 35.6 Å². The number of carboxylic acids is 1. The number of hydrogen-bond acceptors (Lipinski definition) is 7. The van der Waals surface area contributed by atoms with Gasteiger partial charge in [0, 0.05) is 6.42 Å². The van der Waals surface area contributed by atoms with E-state index in [0.717, 1.165) is 19.3 Å². The lowest BCUT2D eigenvalue weighted by molar-refractivity contribution is -0.155. The van der Waals surface area contributed by atoms with E-state index in [2.05, 4.69) is 28.2 Å². The van der Waals surface area contributed by atoms with E-state index in [9.17, 15) is 33.9 Å². The molecule has 1 heterocycles. The summed E-state index contributed by atoms with van der Waals surface area (Å²) in [6, 6.07) is -4.24. The van der Waals surface area contributed by atoms with Gasteiger partial charge in [-0.1, -0.05) is 99.8 Å². The van der Waals surface area contributed by atoms with Crippen molar-refractivity contribution in [3.05, 3.63) is 0 Å². The maximum atomic E-state index is 13.6. The van der Waals surface area contributed by atoms with Crippen molar-refractivity contribution in [3.8, 4) is 0 Å². The Morgan fingerprint density at radius 3 is 1.47 bits per heavy atom. The smallest absolute Gasteiger partial charge is 0.328 e. The molecule has 1 aliphatic rings. The number of rotatable bonds is 19. The summed E-state index contributed by atoms with van der Waals surface area (Å²) >= 11 is 0. The summed E-state index contributed by atoms with van der Waals surface area (Å²) in [5.41, 5.74) is 0. The summed E-state index contributed by atoms with van der Waals surface area (Å²) in [6.45, 7) is 13.6. The van der Waals surface area contributed by atoms with Crippen molar-refractivity contribution in [2.75, 3.05) is 0 Å². The fourth-order valence-corrected chi connectivity index (χ4v) is 6.03. The van der Waals surface area contributed by atoms with Crippen LogP contribution >= 0.6 is 0 Å². The zero-order valence-corrected chi connectivity index (χ0v) is 31.2. The number of esters is 1. The lowest BCUT2D eigenvalue weighted by atomic mass is 9.98. The van der Waals surface area contributed by atoms with Crippen LogP contribution in [0.3, 0.4) is 0 Å². The molecule has 12 nitrogen and oxygen atoms in total. The second-order valence-corrected chi connectivity index (χ2v) is 15.0. The van der Waals surface area contributed by atoms with E-state index in [1.807, 2.05) is 41.5 Å². The first-order valence-corrected chi connectivity index (χ1v) is 18.8.